The van der Waals surface area contributed by atoms with Gasteiger partial charge in [0.2, 0.25) is 0 Å². The van der Waals surface area contributed by atoms with E-state index in [1.54, 1.807) is 19.1 Å². The summed E-state index contributed by atoms with van der Waals surface area (Å²) in [6.07, 6.45) is 4.22. The number of rotatable bonds is 4. The van der Waals surface area contributed by atoms with E-state index in [2.05, 4.69) is 21.2 Å². The Hall–Kier alpha value is -1.36. The molecule has 1 aliphatic rings. The highest BCUT2D eigenvalue weighted by atomic mass is 79.9. The van der Waals surface area contributed by atoms with Crippen LogP contribution in [0.15, 0.2) is 28.7 Å². The Morgan fingerprint density at radius 2 is 1.90 bits per heavy atom. The van der Waals surface area contributed by atoms with Crippen molar-refractivity contribution in [2.24, 2.45) is 0 Å². The normalized spacial score (nSPS) is 17.0. The number of ether oxygens (including phenoxy) is 1. The molecule has 0 saturated heterocycles. The second-order valence-corrected chi connectivity index (χ2v) is 6.15. The minimum Gasteiger partial charge on any atom is -0.464 e. The summed E-state index contributed by atoms with van der Waals surface area (Å²) >= 11 is 3.37. The largest absolute Gasteiger partial charge is 0.464 e. The van der Waals surface area contributed by atoms with Crippen LogP contribution in [0.4, 0.5) is 0 Å². The predicted molar refractivity (Wildman–Crippen MR) is 84.1 cm³/mol. The van der Waals surface area contributed by atoms with Crippen LogP contribution >= 0.6 is 15.9 Å². The third-order valence-electron chi connectivity index (χ3n) is 3.84. The average molecular weight is 354 g/mol. The Bertz CT molecular complexity index is 524. The van der Waals surface area contributed by atoms with Crippen LogP contribution in [0.3, 0.4) is 0 Å². The molecule has 1 aliphatic carbocycles. The fourth-order valence-corrected chi connectivity index (χ4v) is 3.20. The Labute approximate surface area is 133 Å². The van der Waals surface area contributed by atoms with Crippen LogP contribution < -0.4 is 5.32 Å². The quantitative estimate of drug-likeness (QED) is 0.843. The fraction of sp³-hybridized carbons (Fsp3) is 0.500. The van der Waals surface area contributed by atoms with Gasteiger partial charge in [-0.3, -0.25) is 4.79 Å². The average Bonchev–Trinajstić information content (AvgIpc) is 2.48. The standard InChI is InChI=1S/C16H20BrNO3/c1-2-21-15(20)16(10-6-3-7-11-16)18-14(19)12-8-4-5-9-13(12)17/h4-5,8-9H,2-3,6-7,10-11H2,1H3,(H,18,19). The zero-order chi connectivity index (χ0) is 15.3. The summed E-state index contributed by atoms with van der Waals surface area (Å²) < 4.78 is 5.91. The number of esters is 1. The molecular weight excluding hydrogens is 334 g/mol. The van der Waals surface area contributed by atoms with Crippen molar-refractivity contribution in [3.05, 3.63) is 34.3 Å². The molecule has 2 rings (SSSR count). The van der Waals surface area contributed by atoms with E-state index in [1.165, 1.54) is 0 Å². The van der Waals surface area contributed by atoms with E-state index in [0.717, 1.165) is 23.7 Å². The first-order valence-corrected chi connectivity index (χ1v) is 8.12. The van der Waals surface area contributed by atoms with Crippen LogP contribution in [-0.4, -0.2) is 24.0 Å². The van der Waals surface area contributed by atoms with Crippen molar-refractivity contribution in [1.29, 1.82) is 0 Å². The van der Waals surface area contributed by atoms with Crippen molar-refractivity contribution < 1.29 is 14.3 Å². The summed E-state index contributed by atoms with van der Waals surface area (Å²) in [7, 11) is 0. The van der Waals surface area contributed by atoms with Crippen molar-refractivity contribution in [3.8, 4) is 0 Å². The fourth-order valence-electron chi connectivity index (χ4n) is 2.73. The number of hydrogen-bond donors (Lipinski definition) is 1. The first-order chi connectivity index (χ1) is 10.1. The van der Waals surface area contributed by atoms with Crippen LogP contribution in [-0.2, 0) is 9.53 Å². The van der Waals surface area contributed by atoms with Gasteiger partial charge in [-0.05, 0) is 47.8 Å². The summed E-state index contributed by atoms with van der Waals surface area (Å²) in [5, 5.41) is 2.93. The number of benzene rings is 1. The minimum atomic E-state index is -0.874. The number of carbonyl (C=O) groups is 2. The highest BCUT2D eigenvalue weighted by Crippen LogP contribution is 2.30. The van der Waals surface area contributed by atoms with Crippen molar-refractivity contribution in [2.45, 2.75) is 44.6 Å². The smallest absolute Gasteiger partial charge is 0.331 e. The van der Waals surface area contributed by atoms with E-state index in [9.17, 15) is 9.59 Å². The molecule has 1 N–H and O–H groups in total. The first kappa shape index (κ1) is 16.0. The van der Waals surface area contributed by atoms with E-state index in [4.69, 9.17) is 4.74 Å². The molecule has 0 heterocycles. The summed E-state index contributed by atoms with van der Waals surface area (Å²) in [4.78, 5) is 24.8. The lowest BCUT2D eigenvalue weighted by molar-refractivity contribution is -0.152. The molecule has 1 aromatic carbocycles. The number of nitrogens with one attached hydrogen (secondary N) is 1. The summed E-state index contributed by atoms with van der Waals surface area (Å²) in [5.74, 6) is -0.553. The van der Waals surface area contributed by atoms with Gasteiger partial charge in [-0.1, -0.05) is 31.4 Å². The van der Waals surface area contributed by atoms with E-state index >= 15 is 0 Å². The molecule has 0 aliphatic heterocycles. The molecule has 0 unspecified atom stereocenters. The molecule has 1 saturated carbocycles. The maximum absolute atomic E-state index is 12.5. The zero-order valence-corrected chi connectivity index (χ0v) is 13.7. The molecule has 0 radical (unpaired) electrons. The molecule has 5 heteroatoms. The summed E-state index contributed by atoms with van der Waals surface area (Å²) in [6, 6.07) is 7.20. The lowest BCUT2D eigenvalue weighted by Crippen LogP contribution is -2.56. The predicted octanol–water partition coefficient (Wildman–Crippen LogP) is 3.44. The van der Waals surface area contributed by atoms with Gasteiger partial charge in [0.05, 0.1) is 12.2 Å². The van der Waals surface area contributed by atoms with Crippen molar-refractivity contribution in [1.82, 2.24) is 5.32 Å². The van der Waals surface area contributed by atoms with Gasteiger partial charge in [-0.15, -0.1) is 0 Å². The first-order valence-electron chi connectivity index (χ1n) is 7.33. The van der Waals surface area contributed by atoms with Crippen LogP contribution in [0.1, 0.15) is 49.4 Å². The van der Waals surface area contributed by atoms with Crippen molar-refractivity contribution >= 4 is 27.8 Å². The van der Waals surface area contributed by atoms with Gasteiger partial charge in [-0.25, -0.2) is 4.79 Å². The molecule has 1 aromatic rings. The summed E-state index contributed by atoms with van der Waals surface area (Å²) in [6.45, 7) is 2.11. The maximum atomic E-state index is 12.5. The van der Waals surface area contributed by atoms with Gasteiger partial charge in [0.15, 0.2) is 0 Å². The van der Waals surface area contributed by atoms with Gasteiger partial charge in [-0.2, -0.15) is 0 Å². The van der Waals surface area contributed by atoms with Crippen molar-refractivity contribution in [3.63, 3.8) is 0 Å². The molecule has 0 atom stereocenters. The van der Waals surface area contributed by atoms with Gasteiger partial charge in [0, 0.05) is 4.47 Å². The van der Waals surface area contributed by atoms with E-state index in [0.29, 0.717) is 25.0 Å². The van der Waals surface area contributed by atoms with Gasteiger partial charge in [0.25, 0.3) is 5.91 Å². The van der Waals surface area contributed by atoms with Gasteiger partial charge < -0.3 is 10.1 Å². The van der Waals surface area contributed by atoms with E-state index in [-0.39, 0.29) is 11.9 Å². The summed E-state index contributed by atoms with van der Waals surface area (Å²) in [5.41, 5.74) is -0.340. The number of halogens is 1. The van der Waals surface area contributed by atoms with E-state index in [1.807, 2.05) is 12.1 Å². The number of amides is 1. The van der Waals surface area contributed by atoms with Crippen LogP contribution in [0, 0.1) is 0 Å². The maximum Gasteiger partial charge on any atom is 0.331 e. The molecule has 4 nitrogen and oxygen atoms in total. The lowest BCUT2D eigenvalue weighted by atomic mass is 9.81. The topological polar surface area (TPSA) is 55.4 Å². The lowest BCUT2D eigenvalue weighted by Gasteiger charge is -2.35. The van der Waals surface area contributed by atoms with Crippen LogP contribution in [0.25, 0.3) is 0 Å². The highest BCUT2D eigenvalue weighted by molar-refractivity contribution is 9.10. The Morgan fingerprint density at radius 3 is 2.52 bits per heavy atom. The molecule has 1 fully saturated rings. The molecule has 21 heavy (non-hydrogen) atoms. The molecule has 0 spiro atoms. The zero-order valence-electron chi connectivity index (χ0n) is 12.2. The van der Waals surface area contributed by atoms with Crippen LogP contribution in [0.5, 0.6) is 0 Å². The highest BCUT2D eigenvalue weighted by Gasteiger charge is 2.42. The second-order valence-electron chi connectivity index (χ2n) is 5.30. The molecule has 114 valence electrons. The van der Waals surface area contributed by atoms with Crippen molar-refractivity contribution in [2.75, 3.05) is 6.61 Å². The minimum absolute atomic E-state index is 0.238. The number of hydrogen-bond acceptors (Lipinski definition) is 3. The molecule has 0 aromatic heterocycles. The van der Waals surface area contributed by atoms with Crippen LogP contribution in [0.2, 0.25) is 0 Å². The molecule has 1 amide bonds. The third kappa shape index (κ3) is 3.64. The SMILES string of the molecule is CCOC(=O)C1(NC(=O)c2ccccc2Br)CCCCC1. The molecular formula is C16H20BrNO3. The number of carbonyl (C=O) groups excluding carboxylic acids is 2. The Morgan fingerprint density at radius 1 is 1.24 bits per heavy atom. The van der Waals surface area contributed by atoms with Gasteiger partial charge >= 0.3 is 5.97 Å². The van der Waals surface area contributed by atoms with Gasteiger partial charge in [0.1, 0.15) is 5.54 Å². The van der Waals surface area contributed by atoms with E-state index < -0.39 is 5.54 Å². The molecule has 0 bridgehead atoms. The third-order valence-corrected chi connectivity index (χ3v) is 4.54. The Balaban J connectivity index is 2.21. The second kappa shape index (κ2) is 7.07. The monoisotopic (exact) mass is 353 g/mol. The Kier molecular flexibility index (Phi) is 5.39.